The van der Waals surface area contributed by atoms with Crippen molar-refractivity contribution in [3.8, 4) is 0 Å². The lowest BCUT2D eigenvalue weighted by Crippen LogP contribution is -2.41. The first-order valence-electron chi connectivity index (χ1n) is 4.57. The van der Waals surface area contributed by atoms with E-state index in [1.54, 1.807) is 20.8 Å². The summed E-state index contributed by atoms with van der Waals surface area (Å²) < 4.78 is 5.06. The van der Waals surface area contributed by atoms with Gasteiger partial charge in [-0.3, -0.25) is 10.1 Å². The number of esters is 1. The molecule has 0 aromatic heterocycles. The number of carbonyl (C=O) groups is 2. The number of carboxylic acids is 1. The van der Waals surface area contributed by atoms with E-state index in [0.717, 1.165) is 0 Å². The summed E-state index contributed by atoms with van der Waals surface area (Å²) >= 11 is 0. The van der Waals surface area contributed by atoms with Gasteiger partial charge in [0.2, 0.25) is 0 Å². The largest absolute Gasteiger partial charge is 0.480 e. The molecule has 0 saturated heterocycles. The number of nitrogens with one attached hydrogen (secondary N) is 1. The van der Waals surface area contributed by atoms with Crippen LogP contribution in [0.1, 0.15) is 20.8 Å². The Morgan fingerprint density at radius 2 is 2.07 bits per heavy atom. The lowest BCUT2D eigenvalue weighted by atomic mass is 10.2. The normalized spacial score (nSPS) is 13.0. The molecule has 0 rings (SSSR count). The third-order valence-electron chi connectivity index (χ3n) is 1.37. The van der Waals surface area contributed by atoms with Crippen molar-refractivity contribution in [1.29, 1.82) is 0 Å². The quantitative estimate of drug-likeness (QED) is 0.517. The standard InChI is InChI=1S/C10H17NO4/c1-5-7(11-6-8(12)13)9(14)15-10(2,3)4/h5,7,11H,1,6H2,2-4H3,(H,12,13). The van der Waals surface area contributed by atoms with E-state index in [0.29, 0.717) is 0 Å². The van der Waals surface area contributed by atoms with Crippen LogP contribution in [0.15, 0.2) is 12.7 Å². The van der Waals surface area contributed by atoms with Crippen molar-refractivity contribution >= 4 is 11.9 Å². The number of aliphatic carboxylic acids is 1. The average Bonchev–Trinajstić information content (AvgIpc) is 2.01. The Kier molecular flexibility index (Phi) is 5.00. The minimum absolute atomic E-state index is 0.310. The maximum Gasteiger partial charge on any atom is 0.327 e. The van der Waals surface area contributed by atoms with Gasteiger partial charge in [0, 0.05) is 0 Å². The van der Waals surface area contributed by atoms with Crippen LogP contribution in [0.2, 0.25) is 0 Å². The van der Waals surface area contributed by atoms with Crippen LogP contribution in [0.25, 0.3) is 0 Å². The monoisotopic (exact) mass is 215 g/mol. The number of carbonyl (C=O) groups excluding carboxylic acids is 1. The summed E-state index contributed by atoms with van der Waals surface area (Å²) in [4.78, 5) is 21.7. The van der Waals surface area contributed by atoms with Gasteiger partial charge in [0.25, 0.3) is 0 Å². The van der Waals surface area contributed by atoms with Crippen LogP contribution < -0.4 is 5.32 Å². The van der Waals surface area contributed by atoms with Crippen LogP contribution in [0.5, 0.6) is 0 Å². The second-order valence-electron chi connectivity index (χ2n) is 4.02. The third-order valence-corrected chi connectivity index (χ3v) is 1.37. The second-order valence-corrected chi connectivity index (χ2v) is 4.02. The summed E-state index contributed by atoms with van der Waals surface area (Å²) in [5.74, 6) is -1.57. The molecular formula is C10H17NO4. The van der Waals surface area contributed by atoms with E-state index in [1.807, 2.05) is 0 Å². The number of carboxylic acid groups (broad SMARTS) is 1. The SMILES string of the molecule is C=CC(NCC(=O)O)C(=O)OC(C)(C)C. The molecule has 0 aliphatic carbocycles. The van der Waals surface area contributed by atoms with Gasteiger partial charge < -0.3 is 9.84 Å². The van der Waals surface area contributed by atoms with Crippen molar-refractivity contribution < 1.29 is 19.4 Å². The highest BCUT2D eigenvalue weighted by Crippen LogP contribution is 2.08. The summed E-state index contributed by atoms with van der Waals surface area (Å²) in [7, 11) is 0. The molecule has 1 unspecified atom stereocenters. The molecule has 0 aliphatic rings. The maximum atomic E-state index is 11.5. The van der Waals surface area contributed by atoms with Crippen LogP contribution >= 0.6 is 0 Å². The van der Waals surface area contributed by atoms with Crippen molar-refractivity contribution in [1.82, 2.24) is 5.32 Å². The van der Waals surface area contributed by atoms with E-state index in [2.05, 4.69) is 11.9 Å². The van der Waals surface area contributed by atoms with Crippen molar-refractivity contribution in [3.63, 3.8) is 0 Å². The molecule has 0 amide bonds. The molecule has 0 aromatic carbocycles. The van der Waals surface area contributed by atoms with Gasteiger partial charge in [-0.2, -0.15) is 0 Å². The van der Waals surface area contributed by atoms with Crippen molar-refractivity contribution in [2.24, 2.45) is 0 Å². The molecule has 0 fully saturated rings. The zero-order valence-electron chi connectivity index (χ0n) is 9.24. The minimum Gasteiger partial charge on any atom is -0.480 e. The van der Waals surface area contributed by atoms with E-state index in [9.17, 15) is 9.59 Å². The van der Waals surface area contributed by atoms with E-state index < -0.39 is 23.6 Å². The Morgan fingerprint density at radius 3 is 2.40 bits per heavy atom. The van der Waals surface area contributed by atoms with Gasteiger partial charge >= 0.3 is 11.9 Å². The molecular weight excluding hydrogens is 198 g/mol. The van der Waals surface area contributed by atoms with E-state index in [4.69, 9.17) is 9.84 Å². The highest BCUT2D eigenvalue weighted by Gasteiger charge is 2.22. The number of ether oxygens (including phenoxy) is 1. The number of rotatable bonds is 5. The lowest BCUT2D eigenvalue weighted by molar-refractivity contribution is -0.156. The average molecular weight is 215 g/mol. The van der Waals surface area contributed by atoms with Gasteiger partial charge in [0.1, 0.15) is 11.6 Å². The maximum absolute atomic E-state index is 11.5. The molecule has 0 aliphatic heterocycles. The van der Waals surface area contributed by atoms with Crippen LogP contribution in [0.4, 0.5) is 0 Å². The molecule has 0 aromatic rings. The topological polar surface area (TPSA) is 75.6 Å². The fourth-order valence-electron chi connectivity index (χ4n) is 0.825. The molecule has 0 bridgehead atoms. The zero-order chi connectivity index (χ0) is 12.1. The number of hydrogen-bond acceptors (Lipinski definition) is 4. The Labute approximate surface area is 89.1 Å². The van der Waals surface area contributed by atoms with Gasteiger partial charge in [0.05, 0.1) is 6.54 Å². The Hall–Kier alpha value is -1.36. The summed E-state index contributed by atoms with van der Waals surface area (Å²) in [6, 6.07) is -0.791. The highest BCUT2D eigenvalue weighted by molar-refractivity contribution is 5.79. The molecule has 0 radical (unpaired) electrons. The fraction of sp³-hybridized carbons (Fsp3) is 0.600. The Balaban J connectivity index is 4.23. The highest BCUT2D eigenvalue weighted by atomic mass is 16.6. The Morgan fingerprint density at radius 1 is 1.53 bits per heavy atom. The van der Waals surface area contributed by atoms with Crippen molar-refractivity contribution in [2.45, 2.75) is 32.4 Å². The van der Waals surface area contributed by atoms with Gasteiger partial charge in [-0.25, -0.2) is 4.79 Å². The summed E-state index contributed by atoms with van der Waals surface area (Å²) in [6.07, 6.45) is 1.32. The minimum atomic E-state index is -1.04. The summed E-state index contributed by atoms with van der Waals surface area (Å²) in [6.45, 7) is 8.34. The second kappa shape index (κ2) is 5.50. The zero-order valence-corrected chi connectivity index (χ0v) is 9.24. The van der Waals surface area contributed by atoms with Crippen molar-refractivity contribution in [3.05, 3.63) is 12.7 Å². The molecule has 86 valence electrons. The van der Waals surface area contributed by atoms with Gasteiger partial charge in [-0.1, -0.05) is 6.08 Å². The van der Waals surface area contributed by atoms with Crippen LogP contribution in [0.3, 0.4) is 0 Å². The smallest absolute Gasteiger partial charge is 0.327 e. The molecule has 5 nitrogen and oxygen atoms in total. The summed E-state index contributed by atoms with van der Waals surface area (Å²) in [5, 5.41) is 10.9. The lowest BCUT2D eigenvalue weighted by Gasteiger charge is -2.22. The Bertz CT molecular complexity index is 255. The van der Waals surface area contributed by atoms with Crippen LogP contribution in [0, 0.1) is 0 Å². The summed E-state index contributed by atoms with van der Waals surface area (Å²) in [5.41, 5.74) is -0.594. The molecule has 15 heavy (non-hydrogen) atoms. The molecule has 0 spiro atoms. The molecule has 5 heteroatoms. The van der Waals surface area contributed by atoms with Crippen molar-refractivity contribution in [2.75, 3.05) is 6.54 Å². The fourth-order valence-corrected chi connectivity index (χ4v) is 0.825. The molecule has 2 N–H and O–H groups in total. The molecule has 1 atom stereocenters. The first-order chi connectivity index (χ1) is 6.76. The predicted molar refractivity (Wildman–Crippen MR) is 55.5 cm³/mol. The van der Waals surface area contributed by atoms with Crippen LogP contribution in [-0.2, 0) is 14.3 Å². The van der Waals surface area contributed by atoms with E-state index in [1.165, 1.54) is 6.08 Å². The molecule has 0 saturated carbocycles. The van der Waals surface area contributed by atoms with Gasteiger partial charge in [-0.15, -0.1) is 6.58 Å². The van der Waals surface area contributed by atoms with Gasteiger partial charge in [-0.05, 0) is 20.8 Å². The third kappa shape index (κ3) is 6.68. The van der Waals surface area contributed by atoms with Gasteiger partial charge in [0.15, 0.2) is 0 Å². The first-order valence-corrected chi connectivity index (χ1v) is 4.57. The number of hydrogen-bond donors (Lipinski definition) is 2. The van der Waals surface area contributed by atoms with E-state index in [-0.39, 0.29) is 6.54 Å². The first kappa shape index (κ1) is 13.6. The predicted octanol–water partition coefficient (Wildman–Crippen LogP) is 0.557. The molecule has 0 heterocycles. The van der Waals surface area contributed by atoms with Crippen LogP contribution in [-0.4, -0.2) is 35.2 Å². The van der Waals surface area contributed by atoms with E-state index >= 15 is 0 Å².